The van der Waals surface area contributed by atoms with Gasteiger partial charge in [0.2, 0.25) is 0 Å². The summed E-state index contributed by atoms with van der Waals surface area (Å²) in [4.78, 5) is 23.5. The molecule has 0 radical (unpaired) electrons. The van der Waals surface area contributed by atoms with Crippen molar-refractivity contribution >= 4 is 11.8 Å². The van der Waals surface area contributed by atoms with Crippen molar-refractivity contribution in [3.05, 3.63) is 11.6 Å². The van der Waals surface area contributed by atoms with Gasteiger partial charge >= 0.3 is 5.97 Å². The average Bonchev–Trinajstić information content (AvgIpc) is 2.42. The van der Waals surface area contributed by atoms with E-state index in [2.05, 4.69) is 13.8 Å². The minimum Gasteiger partial charge on any atom is -0.459 e. The second-order valence-corrected chi connectivity index (χ2v) is 6.48. The van der Waals surface area contributed by atoms with E-state index in [0.717, 1.165) is 12.8 Å². The number of ether oxygens (including phenoxy) is 1. The molecule has 0 rings (SSSR count). The molecule has 1 atom stereocenters. The molecule has 0 heterocycles. The lowest BCUT2D eigenvalue weighted by Crippen LogP contribution is -2.18. The maximum atomic E-state index is 11.9. The molecule has 0 aromatic rings. The third kappa shape index (κ3) is 10.6. The zero-order valence-corrected chi connectivity index (χ0v) is 15.1. The molecule has 3 nitrogen and oxygen atoms in total. The van der Waals surface area contributed by atoms with E-state index in [1.54, 1.807) is 19.9 Å². The summed E-state index contributed by atoms with van der Waals surface area (Å²) in [5.74, 6) is -0.472. The van der Waals surface area contributed by atoms with Gasteiger partial charge < -0.3 is 4.74 Å². The van der Waals surface area contributed by atoms with E-state index in [1.165, 1.54) is 45.4 Å². The summed E-state index contributed by atoms with van der Waals surface area (Å²) in [7, 11) is 0. The summed E-state index contributed by atoms with van der Waals surface area (Å²) in [6, 6.07) is 0. The summed E-state index contributed by atoms with van der Waals surface area (Å²) in [5, 5.41) is 0. The largest absolute Gasteiger partial charge is 0.459 e. The highest BCUT2D eigenvalue weighted by atomic mass is 16.5. The first-order chi connectivity index (χ1) is 10.4. The molecule has 0 aromatic heterocycles. The molecular weight excluding hydrogens is 276 g/mol. The quantitative estimate of drug-likeness (QED) is 0.163. The van der Waals surface area contributed by atoms with Crippen LogP contribution in [0, 0.1) is 5.92 Å². The molecule has 0 bridgehead atoms. The van der Waals surface area contributed by atoms with Gasteiger partial charge in [-0.25, -0.2) is 4.79 Å². The maximum absolute atomic E-state index is 11.9. The molecule has 0 saturated carbocycles. The Labute approximate surface area is 136 Å². The lowest BCUT2D eigenvalue weighted by Gasteiger charge is -2.11. The second-order valence-electron chi connectivity index (χ2n) is 6.48. The van der Waals surface area contributed by atoms with Gasteiger partial charge in [-0.1, -0.05) is 64.9 Å². The minimum absolute atomic E-state index is 0.198. The molecule has 0 spiro atoms. The number of esters is 1. The Kier molecular flexibility index (Phi) is 11.8. The molecule has 0 aliphatic carbocycles. The number of rotatable bonds is 12. The molecule has 0 aromatic carbocycles. The highest BCUT2D eigenvalue weighted by Crippen LogP contribution is 2.16. The summed E-state index contributed by atoms with van der Waals surface area (Å²) < 4.78 is 5.13. The molecular formula is C19H34O3. The van der Waals surface area contributed by atoms with Crippen molar-refractivity contribution in [1.82, 2.24) is 0 Å². The normalized spacial score (nSPS) is 13.3. The topological polar surface area (TPSA) is 43.4 Å². The van der Waals surface area contributed by atoms with E-state index >= 15 is 0 Å². The second kappa shape index (κ2) is 12.4. The number of hydrogen-bond acceptors (Lipinski definition) is 3. The van der Waals surface area contributed by atoms with Crippen LogP contribution in [-0.2, 0) is 14.3 Å². The minimum atomic E-state index is -0.492. The molecule has 22 heavy (non-hydrogen) atoms. The van der Waals surface area contributed by atoms with Gasteiger partial charge in [0.15, 0.2) is 5.78 Å². The Balaban J connectivity index is 4.17. The SMILES string of the molecule is CCCCCCCCCC(C)C=C(C(C)=O)C(=O)OC(C)C. The number of Topliss-reactive ketones (excluding diaryl/α,β-unsaturated/α-hetero) is 1. The van der Waals surface area contributed by atoms with Crippen molar-refractivity contribution in [2.75, 3.05) is 0 Å². The number of allylic oxidation sites excluding steroid dienone is 1. The lowest BCUT2D eigenvalue weighted by atomic mass is 9.98. The monoisotopic (exact) mass is 310 g/mol. The number of hydrogen-bond donors (Lipinski definition) is 0. The number of unbranched alkanes of at least 4 members (excludes halogenated alkanes) is 6. The zero-order chi connectivity index (χ0) is 17.0. The van der Waals surface area contributed by atoms with E-state index in [1.807, 2.05) is 0 Å². The van der Waals surface area contributed by atoms with E-state index in [0.29, 0.717) is 0 Å². The van der Waals surface area contributed by atoms with Crippen LogP contribution < -0.4 is 0 Å². The summed E-state index contributed by atoms with van der Waals surface area (Å²) in [6.45, 7) is 9.29. The fourth-order valence-electron chi connectivity index (χ4n) is 2.40. The van der Waals surface area contributed by atoms with Gasteiger partial charge in [0.05, 0.1) is 11.7 Å². The Morgan fingerprint density at radius 3 is 2.00 bits per heavy atom. The van der Waals surface area contributed by atoms with Crippen LogP contribution >= 0.6 is 0 Å². The van der Waals surface area contributed by atoms with Gasteiger partial charge in [0.25, 0.3) is 0 Å². The van der Waals surface area contributed by atoms with Gasteiger partial charge in [-0.15, -0.1) is 0 Å². The molecule has 0 aliphatic rings. The predicted molar refractivity (Wildman–Crippen MR) is 91.8 cm³/mol. The Bertz CT molecular complexity index is 356. The molecule has 0 fully saturated rings. The van der Waals surface area contributed by atoms with Crippen molar-refractivity contribution < 1.29 is 14.3 Å². The van der Waals surface area contributed by atoms with Crippen molar-refractivity contribution in [3.63, 3.8) is 0 Å². The van der Waals surface area contributed by atoms with Gasteiger partial charge in [-0.3, -0.25) is 4.79 Å². The fraction of sp³-hybridized carbons (Fsp3) is 0.789. The highest BCUT2D eigenvalue weighted by Gasteiger charge is 2.18. The summed E-state index contributed by atoms with van der Waals surface area (Å²) >= 11 is 0. The molecule has 3 heteroatoms. The van der Waals surface area contributed by atoms with Crippen molar-refractivity contribution in [1.29, 1.82) is 0 Å². The summed E-state index contributed by atoms with van der Waals surface area (Å²) in [6.07, 6.45) is 11.5. The fourth-order valence-corrected chi connectivity index (χ4v) is 2.40. The highest BCUT2D eigenvalue weighted by molar-refractivity contribution is 6.16. The van der Waals surface area contributed by atoms with Crippen molar-refractivity contribution in [2.24, 2.45) is 5.92 Å². The van der Waals surface area contributed by atoms with Gasteiger partial charge in [-0.05, 0) is 33.1 Å². The Morgan fingerprint density at radius 2 is 1.50 bits per heavy atom. The standard InChI is InChI=1S/C19H34O3/c1-6-7-8-9-10-11-12-13-16(4)14-18(17(5)20)19(21)22-15(2)3/h14-16H,6-13H2,1-5H3. The lowest BCUT2D eigenvalue weighted by molar-refractivity contribution is -0.143. The van der Waals surface area contributed by atoms with Gasteiger partial charge in [0.1, 0.15) is 0 Å². The molecule has 128 valence electrons. The van der Waals surface area contributed by atoms with Crippen LogP contribution in [0.3, 0.4) is 0 Å². The smallest absolute Gasteiger partial charge is 0.341 e. The van der Waals surface area contributed by atoms with Gasteiger partial charge in [0, 0.05) is 0 Å². The summed E-state index contributed by atoms with van der Waals surface area (Å²) in [5.41, 5.74) is 0.198. The Morgan fingerprint density at radius 1 is 0.955 bits per heavy atom. The van der Waals surface area contributed by atoms with Crippen LogP contribution in [-0.4, -0.2) is 17.9 Å². The third-order valence-electron chi connectivity index (χ3n) is 3.66. The molecule has 0 saturated heterocycles. The van der Waals surface area contributed by atoms with Gasteiger partial charge in [-0.2, -0.15) is 0 Å². The number of carbonyl (C=O) groups is 2. The van der Waals surface area contributed by atoms with Crippen LogP contribution in [0.1, 0.15) is 86.0 Å². The van der Waals surface area contributed by atoms with Crippen LogP contribution in [0.4, 0.5) is 0 Å². The van der Waals surface area contributed by atoms with E-state index < -0.39 is 5.97 Å². The van der Waals surface area contributed by atoms with Crippen LogP contribution in [0.2, 0.25) is 0 Å². The van der Waals surface area contributed by atoms with Crippen LogP contribution in [0.25, 0.3) is 0 Å². The number of ketones is 1. The van der Waals surface area contributed by atoms with E-state index in [-0.39, 0.29) is 23.4 Å². The molecule has 0 amide bonds. The predicted octanol–water partition coefficient (Wildman–Crippen LogP) is 5.23. The van der Waals surface area contributed by atoms with Crippen LogP contribution in [0.5, 0.6) is 0 Å². The first-order valence-electron chi connectivity index (χ1n) is 8.82. The zero-order valence-electron chi connectivity index (χ0n) is 15.1. The maximum Gasteiger partial charge on any atom is 0.341 e. The third-order valence-corrected chi connectivity index (χ3v) is 3.66. The Hall–Kier alpha value is -1.12. The molecule has 0 N–H and O–H groups in total. The van der Waals surface area contributed by atoms with E-state index in [4.69, 9.17) is 4.74 Å². The van der Waals surface area contributed by atoms with Crippen molar-refractivity contribution in [3.8, 4) is 0 Å². The number of carbonyl (C=O) groups excluding carboxylic acids is 2. The van der Waals surface area contributed by atoms with Crippen molar-refractivity contribution in [2.45, 2.75) is 92.1 Å². The molecule has 0 aliphatic heterocycles. The first-order valence-corrected chi connectivity index (χ1v) is 8.82. The van der Waals surface area contributed by atoms with Crippen LogP contribution in [0.15, 0.2) is 11.6 Å². The molecule has 1 unspecified atom stereocenters. The van der Waals surface area contributed by atoms with E-state index in [9.17, 15) is 9.59 Å². The average molecular weight is 310 g/mol. The first kappa shape index (κ1) is 20.9.